The summed E-state index contributed by atoms with van der Waals surface area (Å²) in [6, 6.07) is 5.44. The van der Waals surface area contributed by atoms with E-state index in [1.807, 2.05) is 30.0 Å². The molecule has 1 fully saturated rings. The number of rotatable bonds is 3. The second-order valence-electron chi connectivity index (χ2n) is 8.08. The molecule has 3 rings (SSSR count). The van der Waals surface area contributed by atoms with Gasteiger partial charge in [-0.05, 0) is 57.2 Å². The van der Waals surface area contributed by atoms with Crippen molar-refractivity contribution in [3.05, 3.63) is 23.8 Å². The molecule has 6 nitrogen and oxygen atoms in total. The normalized spacial score (nSPS) is 21.2. The fraction of sp³-hybridized carbons (Fsp3) is 0.600. The molecule has 1 aromatic carbocycles. The minimum Gasteiger partial charge on any atom is -0.476 e. The molecule has 0 spiro atoms. The number of anilines is 1. The number of likely N-dealkylation sites (tertiary alicyclic amines) is 1. The minimum atomic E-state index is -1.00. The van der Waals surface area contributed by atoms with Crippen molar-refractivity contribution >= 4 is 17.5 Å². The van der Waals surface area contributed by atoms with Gasteiger partial charge in [-0.25, -0.2) is 0 Å². The number of amides is 2. The lowest BCUT2D eigenvalue weighted by Gasteiger charge is -2.40. The number of carbonyl (C=O) groups is 2. The second kappa shape index (κ2) is 6.91. The molecule has 0 aromatic heterocycles. The van der Waals surface area contributed by atoms with Crippen LogP contribution in [0.2, 0.25) is 0 Å². The Morgan fingerprint density at radius 3 is 2.62 bits per heavy atom. The monoisotopic (exact) mass is 359 g/mol. The van der Waals surface area contributed by atoms with Gasteiger partial charge in [0.1, 0.15) is 12.3 Å². The lowest BCUT2D eigenvalue weighted by atomic mass is 9.99. The molecule has 1 atom stereocenters. The summed E-state index contributed by atoms with van der Waals surface area (Å²) in [5.74, 6) is 1.04. The molecule has 0 saturated carbocycles. The van der Waals surface area contributed by atoms with E-state index in [2.05, 4.69) is 6.92 Å². The Balaban J connectivity index is 1.88. The molecule has 142 valence electrons. The topological polar surface area (TPSA) is 75.9 Å². The first-order valence-corrected chi connectivity index (χ1v) is 9.37. The second-order valence-corrected chi connectivity index (χ2v) is 8.08. The predicted octanol–water partition coefficient (Wildman–Crippen LogP) is 2.47. The van der Waals surface area contributed by atoms with E-state index in [4.69, 9.17) is 10.5 Å². The summed E-state index contributed by atoms with van der Waals surface area (Å²) in [6.45, 7) is 9.12. The molecular formula is C20H29N3O3. The number of hydrogen-bond donors (Lipinski definition) is 1. The number of hydrogen-bond acceptors (Lipinski definition) is 4. The van der Waals surface area contributed by atoms with E-state index in [1.54, 1.807) is 18.7 Å². The highest BCUT2D eigenvalue weighted by molar-refractivity contribution is 6.05. The molecule has 26 heavy (non-hydrogen) atoms. The third-order valence-corrected chi connectivity index (χ3v) is 5.35. The van der Waals surface area contributed by atoms with E-state index in [0.29, 0.717) is 17.4 Å². The third kappa shape index (κ3) is 3.56. The molecule has 2 aliphatic heterocycles. The van der Waals surface area contributed by atoms with E-state index >= 15 is 0 Å². The van der Waals surface area contributed by atoms with Crippen molar-refractivity contribution in [2.24, 2.45) is 11.7 Å². The molecule has 0 radical (unpaired) electrons. The van der Waals surface area contributed by atoms with E-state index in [0.717, 1.165) is 31.5 Å². The Labute approximate surface area is 155 Å². The maximum Gasteiger partial charge on any atom is 0.271 e. The quantitative estimate of drug-likeness (QED) is 0.899. The van der Waals surface area contributed by atoms with Crippen LogP contribution in [0.5, 0.6) is 5.75 Å². The smallest absolute Gasteiger partial charge is 0.271 e. The van der Waals surface area contributed by atoms with Gasteiger partial charge in [-0.3, -0.25) is 14.5 Å². The van der Waals surface area contributed by atoms with Crippen LogP contribution < -0.4 is 15.4 Å². The minimum absolute atomic E-state index is 0.0138. The fourth-order valence-corrected chi connectivity index (χ4v) is 3.52. The van der Waals surface area contributed by atoms with Crippen LogP contribution in [0.3, 0.4) is 0 Å². The summed E-state index contributed by atoms with van der Waals surface area (Å²) in [7, 11) is 0. The molecule has 1 aromatic rings. The highest BCUT2D eigenvalue weighted by Gasteiger charge is 2.42. The number of benzene rings is 1. The van der Waals surface area contributed by atoms with E-state index in [9.17, 15) is 9.59 Å². The molecular weight excluding hydrogens is 330 g/mol. The van der Waals surface area contributed by atoms with Gasteiger partial charge >= 0.3 is 0 Å². The molecule has 2 N–H and O–H groups in total. The zero-order chi connectivity index (χ0) is 19.1. The standard InChI is InChI=1S/C20H29N3O3/c1-13-7-9-22(10-8-13)18(24)12-23-16-11-15(14(2)21)5-6-17(16)26-20(3,4)19(23)25/h5-6,11,13-14H,7-10,12,21H2,1-4H3. The highest BCUT2D eigenvalue weighted by Crippen LogP contribution is 2.39. The van der Waals surface area contributed by atoms with Gasteiger partial charge in [0, 0.05) is 19.1 Å². The van der Waals surface area contributed by atoms with Crippen LogP contribution in [-0.2, 0) is 9.59 Å². The predicted molar refractivity (Wildman–Crippen MR) is 101 cm³/mol. The first kappa shape index (κ1) is 18.7. The van der Waals surface area contributed by atoms with Crippen molar-refractivity contribution in [2.45, 2.75) is 52.2 Å². The lowest BCUT2D eigenvalue weighted by Crippen LogP contribution is -2.55. The van der Waals surface area contributed by atoms with Crippen molar-refractivity contribution in [1.82, 2.24) is 4.90 Å². The molecule has 0 bridgehead atoms. The first-order chi connectivity index (χ1) is 12.2. The first-order valence-electron chi connectivity index (χ1n) is 9.37. The van der Waals surface area contributed by atoms with Crippen molar-refractivity contribution in [1.29, 1.82) is 0 Å². The van der Waals surface area contributed by atoms with E-state index < -0.39 is 5.60 Å². The van der Waals surface area contributed by atoms with Gasteiger partial charge < -0.3 is 15.4 Å². The molecule has 0 aliphatic carbocycles. The SMILES string of the molecule is CC1CCN(C(=O)CN2C(=O)C(C)(C)Oc3ccc(C(C)N)cc32)CC1. The van der Waals surface area contributed by atoms with Gasteiger partial charge in [0.2, 0.25) is 5.91 Å². The fourth-order valence-electron chi connectivity index (χ4n) is 3.52. The molecule has 6 heteroatoms. The van der Waals surface area contributed by atoms with E-state index in [-0.39, 0.29) is 24.4 Å². The summed E-state index contributed by atoms with van der Waals surface area (Å²) in [5.41, 5.74) is 6.53. The summed E-state index contributed by atoms with van der Waals surface area (Å²) in [5, 5.41) is 0. The molecule has 1 saturated heterocycles. The van der Waals surface area contributed by atoms with Crippen LogP contribution in [0, 0.1) is 5.92 Å². The third-order valence-electron chi connectivity index (χ3n) is 5.35. The lowest BCUT2D eigenvalue weighted by molar-refractivity contribution is -0.137. The number of ether oxygens (including phenoxy) is 1. The molecule has 2 amide bonds. The van der Waals surface area contributed by atoms with Crippen molar-refractivity contribution < 1.29 is 14.3 Å². The molecule has 2 heterocycles. The van der Waals surface area contributed by atoms with Gasteiger partial charge in [0.05, 0.1) is 5.69 Å². The van der Waals surface area contributed by atoms with Gasteiger partial charge in [0.25, 0.3) is 5.91 Å². The number of piperidine rings is 1. The van der Waals surface area contributed by atoms with Gasteiger partial charge in [-0.2, -0.15) is 0 Å². The Hall–Kier alpha value is -2.08. The van der Waals surface area contributed by atoms with E-state index in [1.165, 1.54) is 0 Å². The summed E-state index contributed by atoms with van der Waals surface area (Å²) in [4.78, 5) is 29.2. The van der Waals surface area contributed by atoms with Crippen molar-refractivity contribution in [3.8, 4) is 5.75 Å². The zero-order valence-electron chi connectivity index (χ0n) is 16.1. The highest BCUT2D eigenvalue weighted by atomic mass is 16.5. The number of fused-ring (bicyclic) bond motifs is 1. The number of carbonyl (C=O) groups excluding carboxylic acids is 2. The largest absolute Gasteiger partial charge is 0.476 e. The number of nitrogens with zero attached hydrogens (tertiary/aromatic N) is 2. The number of nitrogens with two attached hydrogens (primary N) is 1. The van der Waals surface area contributed by atoms with Crippen LogP contribution in [0.1, 0.15) is 52.1 Å². The van der Waals surface area contributed by atoms with Crippen LogP contribution in [0.25, 0.3) is 0 Å². The molecule has 1 unspecified atom stereocenters. The van der Waals surface area contributed by atoms with Gasteiger partial charge in [0.15, 0.2) is 5.60 Å². The molecule has 2 aliphatic rings. The zero-order valence-corrected chi connectivity index (χ0v) is 16.1. The Morgan fingerprint density at radius 2 is 2.00 bits per heavy atom. The van der Waals surface area contributed by atoms with Crippen LogP contribution in [-0.4, -0.2) is 41.9 Å². The average Bonchev–Trinajstić information content (AvgIpc) is 2.58. The Morgan fingerprint density at radius 1 is 1.35 bits per heavy atom. The Kier molecular flexibility index (Phi) is 4.97. The van der Waals surface area contributed by atoms with Gasteiger partial charge in [-0.1, -0.05) is 13.0 Å². The average molecular weight is 359 g/mol. The van der Waals surface area contributed by atoms with Crippen LogP contribution >= 0.6 is 0 Å². The summed E-state index contributed by atoms with van der Waals surface area (Å²) in [6.07, 6.45) is 2.03. The maximum absolute atomic E-state index is 13.0. The van der Waals surface area contributed by atoms with Crippen molar-refractivity contribution in [2.75, 3.05) is 24.5 Å². The van der Waals surface area contributed by atoms with Crippen molar-refractivity contribution in [3.63, 3.8) is 0 Å². The maximum atomic E-state index is 13.0. The Bertz CT molecular complexity index is 706. The van der Waals surface area contributed by atoms with Gasteiger partial charge in [-0.15, -0.1) is 0 Å². The summed E-state index contributed by atoms with van der Waals surface area (Å²) < 4.78 is 5.88. The van der Waals surface area contributed by atoms with Crippen LogP contribution in [0.4, 0.5) is 5.69 Å². The van der Waals surface area contributed by atoms with Crippen LogP contribution in [0.15, 0.2) is 18.2 Å². The summed E-state index contributed by atoms with van der Waals surface area (Å²) >= 11 is 0.